The Hall–Kier alpha value is -1.35. The van der Waals surface area contributed by atoms with Gasteiger partial charge in [-0.1, -0.05) is 12.1 Å². The Labute approximate surface area is 90.1 Å². The molecule has 0 atom stereocenters. The molecule has 0 spiro atoms. The minimum Gasteiger partial charge on any atom is -0.392 e. The highest BCUT2D eigenvalue weighted by Crippen LogP contribution is 2.32. The number of aliphatic hydroxyl groups excluding tert-OH is 1. The molecule has 2 rings (SSSR count). The maximum Gasteiger partial charge on any atom is 0.134 e. The van der Waals surface area contributed by atoms with E-state index in [0.29, 0.717) is 6.04 Å². The summed E-state index contributed by atoms with van der Waals surface area (Å²) in [5.41, 5.74) is 0.895. The SMILES string of the molecule is C=CCN(c1ncccc1CO)C1CC1. The summed E-state index contributed by atoms with van der Waals surface area (Å²) in [5.74, 6) is 0.905. The number of aliphatic hydroxyl groups is 1. The van der Waals surface area contributed by atoms with E-state index >= 15 is 0 Å². The summed E-state index contributed by atoms with van der Waals surface area (Å²) < 4.78 is 0. The van der Waals surface area contributed by atoms with Crippen LogP contribution in [-0.2, 0) is 6.61 Å². The van der Waals surface area contributed by atoms with Crippen molar-refractivity contribution >= 4 is 5.82 Å². The van der Waals surface area contributed by atoms with Crippen LogP contribution in [0.4, 0.5) is 5.82 Å². The van der Waals surface area contributed by atoms with Crippen molar-refractivity contribution in [2.24, 2.45) is 0 Å². The molecule has 1 aromatic heterocycles. The largest absolute Gasteiger partial charge is 0.392 e. The lowest BCUT2D eigenvalue weighted by atomic mass is 10.2. The lowest BCUT2D eigenvalue weighted by molar-refractivity contribution is 0.281. The highest BCUT2D eigenvalue weighted by molar-refractivity contribution is 5.49. The summed E-state index contributed by atoms with van der Waals surface area (Å²) in [6.07, 6.45) is 6.09. The van der Waals surface area contributed by atoms with Gasteiger partial charge in [0, 0.05) is 24.3 Å². The van der Waals surface area contributed by atoms with Gasteiger partial charge in [0.25, 0.3) is 0 Å². The second-order valence-corrected chi connectivity index (χ2v) is 3.82. The van der Waals surface area contributed by atoms with Crippen molar-refractivity contribution in [1.82, 2.24) is 4.98 Å². The molecular weight excluding hydrogens is 188 g/mol. The maximum atomic E-state index is 9.25. The van der Waals surface area contributed by atoms with E-state index < -0.39 is 0 Å². The van der Waals surface area contributed by atoms with Crippen molar-refractivity contribution in [2.45, 2.75) is 25.5 Å². The Morgan fingerprint density at radius 3 is 3.00 bits per heavy atom. The van der Waals surface area contributed by atoms with E-state index in [1.165, 1.54) is 12.8 Å². The van der Waals surface area contributed by atoms with Crippen LogP contribution in [0.5, 0.6) is 0 Å². The van der Waals surface area contributed by atoms with Gasteiger partial charge in [0.2, 0.25) is 0 Å². The van der Waals surface area contributed by atoms with Gasteiger partial charge in [-0.3, -0.25) is 0 Å². The third-order valence-corrected chi connectivity index (χ3v) is 2.62. The van der Waals surface area contributed by atoms with E-state index in [1.54, 1.807) is 6.20 Å². The lowest BCUT2D eigenvalue weighted by Gasteiger charge is -2.23. The lowest BCUT2D eigenvalue weighted by Crippen LogP contribution is -2.27. The predicted molar refractivity (Wildman–Crippen MR) is 60.7 cm³/mol. The fourth-order valence-corrected chi connectivity index (χ4v) is 1.75. The van der Waals surface area contributed by atoms with E-state index in [2.05, 4.69) is 16.5 Å². The van der Waals surface area contributed by atoms with Crippen molar-refractivity contribution < 1.29 is 5.11 Å². The van der Waals surface area contributed by atoms with E-state index in [-0.39, 0.29) is 6.61 Å². The van der Waals surface area contributed by atoms with Gasteiger partial charge in [0.15, 0.2) is 0 Å². The van der Waals surface area contributed by atoms with Gasteiger partial charge in [0.05, 0.1) is 6.61 Å². The average molecular weight is 204 g/mol. The molecular formula is C12H16N2O. The quantitative estimate of drug-likeness (QED) is 0.742. The third-order valence-electron chi connectivity index (χ3n) is 2.62. The van der Waals surface area contributed by atoms with Crippen molar-refractivity contribution in [1.29, 1.82) is 0 Å². The Bertz CT molecular complexity index is 347. The fourth-order valence-electron chi connectivity index (χ4n) is 1.75. The number of aromatic nitrogens is 1. The molecule has 1 aromatic rings. The molecule has 1 heterocycles. The summed E-state index contributed by atoms with van der Waals surface area (Å²) in [7, 11) is 0. The number of anilines is 1. The van der Waals surface area contributed by atoms with Crippen molar-refractivity contribution in [3.8, 4) is 0 Å². The monoisotopic (exact) mass is 204 g/mol. The fraction of sp³-hybridized carbons (Fsp3) is 0.417. The molecule has 3 nitrogen and oxygen atoms in total. The molecule has 0 radical (unpaired) electrons. The molecule has 15 heavy (non-hydrogen) atoms. The molecule has 0 aliphatic heterocycles. The molecule has 0 unspecified atom stereocenters. The number of rotatable bonds is 5. The van der Waals surface area contributed by atoms with Crippen LogP contribution in [0.25, 0.3) is 0 Å². The summed E-state index contributed by atoms with van der Waals surface area (Å²) in [6.45, 7) is 4.61. The highest BCUT2D eigenvalue weighted by Gasteiger charge is 2.30. The van der Waals surface area contributed by atoms with Crippen molar-refractivity contribution in [3.05, 3.63) is 36.5 Å². The second kappa shape index (κ2) is 4.45. The van der Waals surface area contributed by atoms with Crippen LogP contribution >= 0.6 is 0 Å². The second-order valence-electron chi connectivity index (χ2n) is 3.82. The zero-order valence-corrected chi connectivity index (χ0v) is 8.76. The normalized spacial score (nSPS) is 15.0. The number of hydrogen-bond acceptors (Lipinski definition) is 3. The van der Waals surface area contributed by atoms with Crippen LogP contribution in [-0.4, -0.2) is 22.7 Å². The molecule has 1 aliphatic carbocycles. The molecule has 1 N–H and O–H groups in total. The summed E-state index contributed by atoms with van der Waals surface area (Å²) >= 11 is 0. The summed E-state index contributed by atoms with van der Waals surface area (Å²) in [4.78, 5) is 6.57. The third kappa shape index (κ3) is 2.18. The molecule has 1 saturated carbocycles. The molecule has 0 amide bonds. The number of nitrogens with zero attached hydrogens (tertiary/aromatic N) is 2. The van der Waals surface area contributed by atoms with E-state index in [4.69, 9.17) is 0 Å². The average Bonchev–Trinajstić information content (AvgIpc) is 3.10. The first-order valence-corrected chi connectivity index (χ1v) is 5.29. The highest BCUT2D eigenvalue weighted by atomic mass is 16.3. The van der Waals surface area contributed by atoms with Crippen LogP contribution in [0, 0.1) is 0 Å². The van der Waals surface area contributed by atoms with Gasteiger partial charge < -0.3 is 10.0 Å². The molecule has 0 saturated heterocycles. The van der Waals surface area contributed by atoms with Crippen LogP contribution < -0.4 is 4.90 Å². The van der Waals surface area contributed by atoms with Gasteiger partial charge in [-0.25, -0.2) is 4.98 Å². The standard InChI is InChI=1S/C12H16N2O/c1-2-8-14(11-5-6-11)12-10(9-15)4-3-7-13-12/h2-4,7,11,15H,1,5-6,8-9H2. The molecule has 0 bridgehead atoms. The van der Waals surface area contributed by atoms with Crippen molar-refractivity contribution in [2.75, 3.05) is 11.4 Å². The van der Waals surface area contributed by atoms with E-state index in [9.17, 15) is 5.11 Å². The molecule has 0 aromatic carbocycles. The van der Waals surface area contributed by atoms with Gasteiger partial charge in [-0.15, -0.1) is 6.58 Å². The Morgan fingerprint density at radius 2 is 2.40 bits per heavy atom. The van der Waals surface area contributed by atoms with E-state index in [0.717, 1.165) is 17.9 Å². The smallest absolute Gasteiger partial charge is 0.134 e. The van der Waals surface area contributed by atoms with Crippen LogP contribution in [0.3, 0.4) is 0 Å². The van der Waals surface area contributed by atoms with Gasteiger partial charge in [-0.05, 0) is 18.9 Å². The molecule has 3 heteroatoms. The number of pyridine rings is 1. The topological polar surface area (TPSA) is 36.4 Å². The first-order valence-electron chi connectivity index (χ1n) is 5.29. The molecule has 1 aliphatic rings. The Morgan fingerprint density at radius 1 is 1.60 bits per heavy atom. The van der Waals surface area contributed by atoms with Crippen LogP contribution in [0.1, 0.15) is 18.4 Å². The maximum absolute atomic E-state index is 9.25. The van der Waals surface area contributed by atoms with Gasteiger partial charge in [-0.2, -0.15) is 0 Å². The summed E-state index contributed by atoms with van der Waals surface area (Å²) in [5, 5.41) is 9.25. The van der Waals surface area contributed by atoms with Gasteiger partial charge in [0.1, 0.15) is 5.82 Å². The molecule has 80 valence electrons. The first kappa shape index (κ1) is 10.2. The predicted octanol–water partition coefficient (Wildman–Crippen LogP) is 1.73. The van der Waals surface area contributed by atoms with Gasteiger partial charge >= 0.3 is 0 Å². The first-order chi connectivity index (χ1) is 7.36. The summed E-state index contributed by atoms with van der Waals surface area (Å²) in [6, 6.07) is 4.36. The molecule has 1 fully saturated rings. The van der Waals surface area contributed by atoms with E-state index in [1.807, 2.05) is 18.2 Å². The zero-order chi connectivity index (χ0) is 10.7. The number of hydrogen-bond donors (Lipinski definition) is 1. The minimum absolute atomic E-state index is 0.0452. The van der Waals surface area contributed by atoms with Crippen LogP contribution in [0.2, 0.25) is 0 Å². The Kier molecular flexibility index (Phi) is 3.02. The zero-order valence-electron chi connectivity index (χ0n) is 8.76. The van der Waals surface area contributed by atoms with Crippen LogP contribution in [0.15, 0.2) is 31.0 Å². The Balaban J connectivity index is 2.27. The minimum atomic E-state index is 0.0452. The van der Waals surface area contributed by atoms with Crippen molar-refractivity contribution in [3.63, 3.8) is 0 Å².